The molecule has 0 aliphatic carbocycles. The van der Waals surface area contributed by atoms with Gasteiger partial charge in [0, 0.05) is 26.2 Å². The molecule has 1 aromatic carbocycles. The fourth-order valence-electron chi connectivity index (χ4n) is 2.80. The van der Waals surface area contributed by atoms with Crippen LogP contribution in [0.5, 0.6) is 0 Å². The SMILES string of the molecule is CN1CCN(N2CN=C(Nc3nc4ccccc4o3)NC2)CC1. The van der Waals surface area contributed by atoms with Crippen LogP contribution >= 0.6 is 0 Å². The van der Waals surface area contributed by atoms with Gasteiger partial charge >= 0.3 is 6.01 Å². The van der Waals surface area contributed by atoms with Gasteiger partial charge in [-0.25, -0.2) is 15.0 Å². The van der Waals surface area contributed by atoms with E-state index in [1.54, 1.807) is 0 Å². The van der Waals surface area contributed by atoms with E-state index in [9.17, 15) is 0 Å². The highest BCUT2D eigenvalue weighted by atomic mass is 16.4. The molecule has 0 radical (unpaired) electrons. The standard InChI is InChI=1S/C15H21N7O/c1-20-6-8-21(9-7-20)22-10-16-14(17-11-22)19-15-18-12-4-2-3-5-13(12)23-15/h2-5H,6-11H2,1H3,(H2,16,17,18,19). The number of hydrogen-bond donors (Lipinski definition) is 2. The minimum absolute atomic E-state index is 0.463. The van der Waals surface area contributed by atoms with Crippen LogP contribution in [0.2, 0.25) is 0 Å². The molecule has 1 aromatic heterocycles. The number of aromatic nitrogens is 1. The molecule has 23 heavy (non-hydrogen) atoms. The molecule has 8 heteroatoms. The van der Waals surface area contributed by atoms with E-state index in [1.165, 1.54) is 0 Å². The number of likely N-dealkylation sites (N-methyl/N-ethyl adjacent to an activating group) is 1. The van der Waals surface area contributed by atoms with Crippen LogP contribution in [0.4, 0.5) is 6.01 Å². The molecule has 3 heterocycles. The molecule has 122 valence electrons. The molecule has 4 rings (SSSR count). The number of nitrogens with one attached hydrogen (secondary N) is 2. The van der Waals surface area contributed by atoms with Crippen LogP contribution in [0.1, 0.15) is 0 Å². The summed E-state index contributed by atoms with van der Waals surface area (Å²) in [5.41, 5.74) is 1.61. The summed E-state index contributed by atoms with van der Waals surface area (Å²) in [7, 11) is 2.16. The Labute approximate surface area is 134 Å². The molecule has 0 atom stereocenters. The maximum atomic E-state index is 5.65. The first-order valence-corrected chi connectivity index (χ1v) is 7.87. The zero-order valence-corrected chi connectivity index (χ0v) is 13.2. The number of benzene rings is 1. The number of oxazole rings is 1. The molecule has 1 fully saturated rings. The van der Waals surface area contributed by atoms with Crippen LogP contribution in [0.25, 0.3) is 11.1 Å². The Morgan fingerprint density at radius 2 is 1.96 bits per heavy atom. The summed E-state index contributed by atoms with van der Waals surface area (Å²) in [6.45, 7) is 5.64. The molecule has 2 aliphatic rings. The Morgan fingerprint density at radius 1 is 1.13 bits per heavy atom. The van der Waals surface area contributed by atoms with Gasteiger partial charge in [-0.2, -0.15) is 4.98 Å². The number of para-hydroxylation sites is 2. The van der Waals surface area contributed by atoms with E-state index in [1.807, 2.05) is 24.3 Å². The lowest BCUT2D eigenvalue weighted by Crippen LogP contribution is -2.58. The van der Waals surface area contributed by atoms with E-state index < -0.39 is 0 Å². The third-order valence-corrected chi connectivity index (χ3v) is 4.22. The molecule has 0 saturated carbocycles. The third-order valence-electron chi connectivity index (χ3n) is 4.22. The van der Waals surface area contributed by atoms with Crippen molar-refractivity contribution in [2.24, 2.45) is 4.99 Å². The van der Waals surface area contributed by atoms with Gasteiger partial charge in [0.15, 0.2) is 5.58 Å². The number of hydrogen-bond acceptors (Lipinski definition) is 8. The number of aliphatic imine (C=N–C) groups is 1. The van der Waals surface area contributed by atoms with Crippen molar-refractivity contribution in [1.29, 1.82) is 0 Å². The van der Waals surface area contributed by atoms with Crippen molar-refractivity contribution in [2.75, 3.05) is 51.9 Å². The van der Waals surface area contributed by atoms with Gasteiger partial charge in [-0.15, -0.1) is 0 Å². The van der Waals surface area contributed by atoms with Gasteiger partial charge in [0.1, 0.15) is 12.2 Å². The van der Waals surface area contributed by atoms with E-state index in [2.05, 4.69) is 42.6 Å². The second kappa shape index (κ2) is 6.15. The Balaban J connectivity index is 1.37. The molecule has 1 saturated heterocycles. The van der Waals surface area contributed by atoms with Gasteiger partial charge in [0.05, 0.1) is 6.67 Å². The first-order valence-electron chi connectivity index (χ1n) is 7.87. The topological polar surface area (TPSA) is 72.2 Å². The summed E-state index contributed by atoms with van der Waals surface area (Å²) < 4.78 is 5.65. The highest BCUT2D eigenvalue weighted by Crippen LogP contribution is 2.18. The van der Waals surface area contributed by atoms with Crippen molar-refractivity contribution in [3.63, 3.8) is 0 Å². The summed E-state index contributed by atoms with van der Waals surface area (Å²) >= 11 is 0. The van der Waals surface area contributed by atoms with Gasteiger partial charge in [-0.3, -0.25) is 5.32 Å². The zero-order valence-electron chi connectivity index (χ0n) is 13.2. The minimum Gasteiger partial charge on any atom is -0.423 e. The van der Waals surface area contributed by atoms with Crippen molar-refractivity contribution in [3.8, 4) is 0 Å². The molecule has 2 aromatic rings. The normalized spacial score (nSPS) is 21.2. The Hall–Kier alpha value is -2.16. The predicted molar refractivity (Wildman–Crippen MR) is 88.8 cm³/mol. The quantitative estimate of drug-likeness (QED) is 0.840. The molecule has 0 spiro atoms. The van der Waals surface area contributed by atoms with E-state index in [4.69, 9.17) is 4.42 Å². The first-order chi connectivity index (χ1) is 11.3. The maximum Gasteiger partial charge on any atom is 0.302 e. The van der Waals surface area contributed by atoms with Gasteiger partial charge in [-0.1, -0.05) is 12.1 Å². The molecule has 2 N–H and O–H groups in total. The molecule has 0 bridgehead atoms. The van der Waals surface area contributed by atoms with Gasteiger partial charge in [0.25, 0.3) is 0 Å². The summed E-state index contributed by atoms with van der Waals surface area (Å²) in [4.78, 5) is 11.3. The van der Waals surface area contributed by atoms with Crippen molar-refractivity contribution >= 4 is 23.1 Å². The van der Waals surface area contributed by atoms with E-state index >= 15 is 0 Å². The van der Waals surface area contributed by atoms with Crippen LogP contribution in [0.3, 0.4) is 0 Å². The van der Waals surface area contributed by atoms with E-state index in [-0.39, 0.29) is 0 Å². The lowest BCUT2D eigenvalue weighted by molar-refractivity contribution is -0.0567. The van der Waals surface area contributed by atoms with Crippen LogP contribution in [-0.2, 0) is 0 Å². The molecular weight excluding hydrogens is 294 g/mol. The van der Waals surface area contributed by atoms with Crippen molar-refractivity contribution in [1.82, 2.24) is 25.2 Å². The zero-order chi connectivity index (χ0) is 15.6. The first kappa shape index (κ1) is 14.4. The Kier molecular flexibility index (Phi) is 3.86. The minimum atomic E-state index is 0.463. The van der Waals surface area contributed by atoms with Crippen LogP contribution in [0, 0.1) is 0 Å². The average Bonchev–Trinajstić information content (AvgIpc) is 2.98. The van der Waals surface area contributed by atoms with Crippen molar-refractivity contribution < 1.29 is 4.42 Å². The Bertz CT molecular complexity index is 672. The highest BCUT2D eigenvalue weighted by Gasteiger charge is 2.22. The third kappa shape index (κ3) is 3.14. The van der Waals surface area contributed by atoms with Crippen LogP contribution < -0.4 is 10.6 Å². The number of fused-ring (bicyclic) bond motifs is 1. The number of piperazine rings is 1. The Morgan fingerprint density at radius 3 is 2.70 bits per heavy atom. The smallest absolute Gasteiger partial charge is 0.302 e. The fourth-order valence-corrected chi connectivity index (χ4v) is 2.80. The monoisotopic (exact) mass is 315 g/mol. The second-order valence-corrected chi connectivity index (χ2v) is 5.86. The van der Waals surface area contributed by atoms with Gasteiger partial charge < -0.3 is 14.6 Å². The lowest BCUT2D eigenvalue weighted by Gasteiger charge is -2.40. The second-order valence-electron chi connectivity index (χ2n) is 5.86. The summed E-state index contributed by atoms with van der Waals surface area (Å²) in [6, 6.07) is 8.17. The molecule has 8 nitrogen and oxygen atoms in total. The van der Waals surface area contributed by atoms with Gasteiger partial charge in [-0.05, 0) is 19.2 Å². The summed E-state index contributed by atoms with van der Waals surface area (Å²) in [5, 5.41) is 11.0. The molecule has 0 unspecified atom stereocenters. The number of hydrazine groups is 1. The van der Waals surface area contributed by atoms with Crippen LogP contribution in [0.15, 0.2) is 33.7 Å². The highest BCUT2D eigenvalue weighted by molar-refractivity contribution is 5.93. The molecule has 0 amide bonds. The van der Waals surface area contributed by atoms with Crippen LogP contribution in [-0.4, -0.2) is 72.4 Å². The van der Waals surface area contributed by atoms with E-state index in [0.29, 0.717) is 18.6 Å². The number of nitrogens with zero attached hydrogens (tertiary/aromatic N) is 5. The predicted octanol–water partition coefficient (Wildman–Crippen LogP) is 0.578. The van der Waals surface area contributed by atoms with Crippen molar-refractivity contribution in [3.05, 3.63) is 24.3 Å². The maximum absolute atomic E-state index is 5.65. The number of anilines is 1. The van der Waals surface area contributed by atoms with E-state index in [0.717, 1.165) is 43.9 Å². The van der Waals surface area contributed by atoms with Gasteiger partial charge in [0.2, 0.25) is 5.96 Å². The van der Waals surface area contributed by atoms with Crippen molar-refractivity contribution in [2.45, 2.75) is 0 Å². The fraction of sp³-hybridized carbons (Fsp3) is 0.467. The number of rotatable bonds is 2. The lowest BCUT2D eigenvalue weighted by atomic mass is 10.3. The summed E-state index contributed by atoms with van der Waals surface area (Å²) in [6.07, 6.45) is 0. The number of guanidine groups is 1. The average molecular weight is 315 g/mol. The summed E-state index contributed by atoms with van der Waals surface area (Å²) in [5.74, 6) is 0.696. The largest absolute Gasteiger partial charge is 0.423 e. The molecular formula is C15H21N7O. The molecule has 2 aliphatic heterocycles.